The summed E-state index contributed by atoms with van der Waals surface area (Å²) in [4.78, 5) is 23.4. The zero-order chi connectivity index (χ0) is 20.6. The van der Waals surface area contributed by atoms with Gasteiger partial charge in [-0.3, -0.25) is 4.79 Å². The number of H-pyrrole nitrogens is 1. The maximum Gasteiger partial charge on any atom is 0.251 e. The van der Waals surface area contributed by atoms with E-state index in [1.165, 1.54) is 29.3 Å². The maximum absolute atomic E-state index is 11.3. The topological polar surface area (TPSA) is 52.2 Å². The first kappa shape index (κ1) is 20.7. The molecule has 30 heavy (non-hydrogen) atoms. The average molecular weight is 421 g/mol. The van der Waals surface area contributed by atoms with Gasteiger partial charge in [-0.2, -0.15) is 0 Å². The Kier molecular flexibility index (Phi) is 7.21. The molecule has 1 aromatic heterocycles. The predicted octanol–water partition coefficient (Wildman–Crippen LogP) is 4.13. The van der Waals surface area contributed by atoms with E-state index in [0.717, 1.165) is 44.9 Å². The van der Waals surface area contributed by atoms with Crippen LogP contribution in [-0.4, -0.2) is 53.3 Å². The Morgan fingerprint density at radius 1 is 0.933 bits per heavy atom. The van der Waals surface area contributed by atoms with E-state index in [0.29, 0.717) is 5.16 Å². The number of benzene rings is 2. The Bertz CT molecular complexity index is 992. The molecule has 5 nitrogen and oxygen atoms in total. The van der Waals surface area contributed by atoms with Crippen LogP contribution < -0.4 is 10.5 Å². The van der Waals surface area contributed by atoms with E-state index in [2.05, 4.69) is 74.4 Å². The van der Waals surface area contributed by atoms with Crippen molar-refractivity contribution in [1.29, 1.82) is 0 Å². The van der Waals surface area contributed by atoms with Crippen LogP contribution in [0.3, 0.4) is 0 Å². The molecule has 4 rings (SSSR count). The minimum atomic E-state index is -0.0866. The molecule has 156 valence electrons. The Balaban J connectivity index is 1.27. The van der Waals surface area contributed by atoms with E-state index >= 15 is 0 Å². The Hall–Kier alpha value is -2.57. The van der Waals surface area contributed by atoms with E-state index in [1.54, 1.807) is 18.0 Å². The van der Waals surface area contributed by atoms with E-state index in [9.17, 15) is 4.79 Å². The average Bonchev–Trinajstić information content (AvgIpc) is 3.03. The molecule has 1 saturated heterocycles. The third-order valence-electron chi connectivity index (χ3n) is 5.41. The van der Waals surface area contributed by atoms with Crippen LogP contribution in [0.4, 0.5) is 5.69 Å². The summed E-state index contributed by atoms with van der Waals surface area (Å²) < 4.78 is 0. The molecular formula is C24H28N4OS. The lowest BCUT2D eigenvalue weighted by molar-refractivity contribution is 0.295. The normalized spacial score (nSPS) is 15.1. The molecule has 2 heterocycles. The second-order valence-corrected chi connectivity index (χ2v) is 8.62. The van der Waals surface area contributed by atoms with Crippen LogP contribution >= 0.6 is 11.8 Å². The summed E-state index contributed by atoms with van der Waals surface area (Å²) in [7, 11) is 0. The van der Waals surface area contributed by atoms with Gasteiger partial charge in [0, 0.05) is 43.3 Å². The summed E-state index contributed by atoms with van der Waals surface area (Å²) in [5, 5.41) is 0.711. The van der Waals surface area contributed by atoms with Gasteiger partial charge in [-0.25, -0.2) is 4.98 Å². The monoisotopic (exact) mass is 420 g/mol. The van der Waals surface area contributed by atoms with Crippen molar-refractivity contribution in [3.05, 3.63) is 77.2 Å². The molecule has 0 amide bonds. The molecule has 0 bridgehead atoms. The minimum Gasteiger partial charge on any atom is -0.370 e. The highest BCUT2D eigenvalue weighted by atomic mass is 32.2. The van der Waals surface area contributed by atoms with Gasteiger partial charge in [0.15, 0.2) is 5.16 Å². The van der Waals surface area contributed by atoms with Crippen molar-refractivity contribution in [3.63, 3.8) is 0 Å². The van der Waals surface area contributed by atoms with Crippen molar-refractivity contribution < 1.29 is 0 Å². The third kappa shape index (κ3) is 5.74. The zero-order valence-corrected chi connectivity index (χ0v) is 18.0. The van der Waals surface area contributed by atoms with Crippen molar-refractivity contribution >= 4 is 17.4 Å². The molecule has 0 saturated carbocycles. The van der Waals surface area contributed by atoms with Gasteiger partial charge in [-0.1, -0.05) is 54.2 Å². The number of nitrogens with zero attached hydrogens (tertiary/aromatic N) is 3. The molecule has 1 fully saturated rings. The van der Waals surface area contributed by atoms with Gasteiger partial charge in [0.25, 0.3) is 5.56 Å². The lowest BCUT2D eigenvalue weighted by Crippen LogP contribution is -2.31. The second-order valence-electron chi connectivity index (χ2n) is 7.54. The molecule has 0 spiro atoms. The van der Waals surface area contributed by atoms with Crippen molar-refractivity contribution in [2.45, 2.75) is 18.0 Å². The van der Waals surface area contributed by atoms with Gasteiger partial charge >= 0.3 is 0 Å². The lowest BCUT2D eigenvalue weighted by Gasteiger charge is -2.24. The highest BCUT2D eigenvalue weighted by Gasteiger charge is 2.15. The zero-order valence-electron chi connectivity index (χ0n) is 17.2. The number of anilines is 1. The quantitative estimate of drug-likeness (QED) is 0.354. The molecule has 3 aromatic rings. The molecule has 0 unspecified atom stereocenters. The van der Waals surface area contributed by atoms with Crippen LogP contribution in [0.2, 0.25) is 0 Å². The molecule has 6 heteroatoms. The van der Waals surface area contributed by atoms with E-state index < -0.39 is 0 Å². The van der Waals surface area contributed by atoms with E-state index in [4.69, 9.17) is 0 Å². The van der Waals surface area contributed by atoms with Gasteiger partial charge < -0.3 is 14.8 Å². The summed E-state index contributed by atoms with van der Waals surface area (Å²) in [5.74, 6) is 0.965. The van der Waals surface area contributed by atoms with Crippen LogP contribution in [0, 0.1) is 0 Å². The van der Waals surface area contributed by atoms with Gasteiger partial charge in [0.1, 0.15) is 0 Å². The fourth-order valence-corrected chi connectivity index (χ4v) is 4.62. The Labute approximate surface area is 182 Å². The molecule has 1 N–H and O–H groups in total. The fraction of sp³-hybridized carbons (Fsp3) is 0.333. The first-order chi connectivity index (χ1) is 14.8. The van der Waals surface area contributed by atoms with Crippen molar-refractivity contribution in [2.75, 3.05) is 43.4 Å². The number of nitrogens with one attached hydrogen (secondary N) is 1. The third-order valence-corrected chi connectivity index (χ3v) is 6.39. The highest BCUT2D eigenvalue weighted by molar-refractivity contribution is 7.99. The second kappa shape index (κ2) is 10.5. The Morgan fingerprint density at radius 2 is 1.80 bits per heavy atom. The van der Waals surface area contributed by atoms with Crippen molar-refractivity contribution in [1.82, 2.24) is 14.9 Å². The molecule has 0 atom stereocenters. The molecular weight excluding hydrogens is 392 g/mol. The number of hydrogen-bond donors (Lipinski definition) is 1. The fourth-order valence-electron chi connectivity index (χ4n) is 3.85. The van der Waals surface area contributed by atoms with Crippen molar-refractivity contribution in [2.24, 2.45) is 0 Å². The first-order valence-electron chi connectivity index (χ1n) is 10.6. The largest absolute Gasteiger partial charge is 0.370 e. The molecule has 1 aliphatic rings. The standard InChI is InChI=1S/C24H28N4OS/c29-23-11-12-25-24(26-23)30-18-6-14-27-13-5-15-28(17-16-27)22-10-4-9-21(19-22)20-7-2-1-3-8-20/h1-4,7-12,19H,5-6,13-18H2,(H,25,26,29). The predicted molar refractivity (Wildman–Crippen MR) is 125 cm³/mol. The van der Waals surface area contributed by atoms with Gasteiger partial charge in [0.05, 0.1) is 0 Å². The number of rotatable bonds is 7. The van der Waals surface area contributed by atoms with E-state index in [1.807, 2.05) is 0 Å². The van der Waals surface area contributed by atoms with Crippen LogP contribution in [0.25, 0.3) is 11.1 Å². The summed E-state index contributed by atoms with van der Waals surface area (Å²) in [6, 6.07) is 20.9. The summed E-state index contributed by atoms with van der Waals surface area (Å²) in [5.41, 5.74) is 3.77. The molecule has 1 aliphatic heterocycles. The smallest absolute Gasteiger partial charge is 0.251 e. The van der Waals surface area contributed by atoms with Crippen LogP contribution in [0.15, 0.2) is 76.8 Å². The first-order valence-corrected chi connectivity index (χ1v) is 11.6. The SMILES string of the molecule is O=c1ccnc(SCCCN2CCCN(c3cccc(-c4ccccc4)c3)CC2)[nH]1. The van der Waals surface area contributed by atoms with E-state index in [-0.39, 0.29) is 5.56 Å². The summed E-state index contributed by atoms with van der Waals surface area (Å²) >= 11 is 1.62. The molecule has 0 radical (unpaired) electrons. The number of hydrogen-bond acceptors (Lipinski definition) is 5. The minimum absolute atomic E-state index is 0.0866. The lowest BCUT2D eigenvalue weighted by atomic mass is 10.0. The summed E-state index contributed by atoms with van der Waals surface area (Å²) in [6.07, 6.45) is 3.83. The molecule has 0 aliphatic carbocycles. The highest BCUT2D eigenvalue weighted by Crippen LogP contribution is 2.25. The number of aromatic amines is 1. The Morgan fingerprint density at radius 3 is 2.67 bits per heavy atom. The summed E-state index contributed by atoms with van der Waals surface area (Å²) in [6.45, 7) is 5.46. The van der Waals surface area contributed by atoms with Gasteiger partial charge in [-0.05, 0) is 49.2 Å². The number of aromatic nitrogens is 2. The molecule has 2 aromatic carbocycles. The number of thioether (sulfide) groups is 1. The van der Waals surface area contributed by atoms with Gasteiger partial charge in [0.2, 0.25) is 0 Å². The van der Waals surface area contributed by atoms with Crippen LogP contribution in [0.5, 0.6) is 0 Å². The van der Waals surface area contributed by atoms with Crippen LogP contribution in [-0.2, 0) is 0 Å². The van der Waals surface area contributed by atoms with Crippen LogP contribution in [0.1, 0.15) is 12.8 Å². The maximum atomic E-state index is 11.3. The van der Waals surface area contributed by atoms with Gasteiger partial charge in [-0.15, -0.1) is 0 Å². The van der Waals surface area contributed by atoms with Crippen molar-refractivity contribution in [3.8, 4) is 11.1 Å².